The van der Waals surface area contributed by atoms with Gasteiger partial charge in [0.1, 0.15) is 0 Å². The molecule has 1 saturated heterocycles. The fraction of sp³-hybridized carbons (Fsp3) is 0.350. The number of nitrogens with zero attached hydrogens (tertiary/aromatic N) is 1. The number of hydrogen-bond acceptors (Lipinski definition) is 3. The molecular formula is C20H22Cl2N2O3S. The van der Waals surface area contributed by atoms with Crippen molar-refractivity contribution in [3.63, 3.8) is 0 Å². The van der Waals surface area contributed by atoms with Gasteiger partial charge in [-0.25, -0.2) is 12.7 Å². The van der Waals surface area contributed by atoms with Gasteiger partial charge in [-0.2, -0.15) is 0 Å². The second-order valence-corrected chi connectivity index (χ2v) is 9.61. The Morgan fingerprint density at radius 2 is 1.50 bits per heavy atom. The van der Waals surface area contributed by atoms with Crippen LogP contribution in [0.1, 0.15) is 24.0 Å². The lowest BCUT2D eigenvalue weighted by Gasteiger charge is -2.30. The largest absolute Gasteiger partial charge is 0.352 e. The first-order valence-electron chi connectivity index (χ1n) is 9.09. The number of sulfonamides is 1. The molecule has 5 nitrogen and oxygen atoms in total. The highest BCUT2D eigenvalue weighted by atomic mass is 35.5. The molecule has 0 aliphatic carbocycles. The van der Waals surface area contributed by atoms with Crippen molar-refractivity contribution in [2.45, 2.75) is 25.1 Å². The Labute approximate surface area is 175 Å². The summed E-state index contributed by atoms with van der Waals surface area (Å²) in [6.45, 7) is 1.03. The number of rotatable bonds is 6. The zero-order chi connectivity index (χ0) is 20.1. The molecule has 3 rings (SSSR count). The second-order valence-electron chi connectivity index (χ2n) is 6.83. The molecule has 28 heavy (non-hydrogen) atoms. The molecule has 1 aliphatic heterocycles. The molecule has 8 heteroatoms. The number of hydrogen-bond donors (Lipinski definition) is 1. The molecule has 1 heterocycles. The van der Waals surface area contributed by atoms with Crippen LogP contribution in [0.4, 0.5) is 0 Å². The Morgan fingerprint density at radius 3 is 2.07 bits per heavy atom. The number of amides is 1. The summed E-state index contributed by atoms with van der Waals surface area (Å²) in [4.78, 5) is 12.4. The minimum absolute atomic E-state index is 0.0666. The van der Waals surface area contributed by atoms with Crippen LogP contribution in [0.15, 0.2) is 48.5 Å². The molecule has 0 spiro atoms. The first-order chi connectivity index (χ1) is 13.4. The van der Waals surface area contributed by atoms with E-state index in [1.165, 1.54) is 4.31 Å². The van der Waals surface area contributed by atoms with Crippen molar-refractivity contribution >= 4 is 39.1 Å². The molecule has 1 N–H and O–H groups in total. The summed E-state index contributed by atoms with van der Waals surface area (Å²) in [6, 6.07) is 14.3. The maximum absolute atomic E-state index is 12.7. The van der Waals surface area contributed by atoms with Crippen molar-refractivity contribution < 1.29 is 13.2 Å². The fourth-order valence-electron chi connectivity index (χ4n) is 3.27. The number of nitrogens with one attached hydrogen (secondary N) is 1. The Hall–Kier alpha value is -1.60. The van der Waals surface area contributed by atoms with Crippen LogP contribution in [-0.4, -0.2) is 31.7 Å². The van der Waals surface area contributed by atoms with Gasteiger partial charge in [0, 0.05) is 35.6 Å². The van der Waals surface area contributed by atoms with Gasteiger partial charge in [-0.1, -0.05) is 59.6 Å². The van der Waals surface area contributed by atoms with E-state index in [9.17, 15) is 13.2 Å². The van der Waals surface area contributed by atoms with Crippen LogP contribution < -0.4 is 5.32 Å². The van der Waals surface area contributed by atoms with Crippen LogP contribution in [0.25, 0.3) is 0 Å². The monoisotopic (exact) mass is 440 g/mol. The van der Waals surface area contributed by atoms with Crippen LogP contribution in [0, 0.1) is 5.92 Å². The van der Waals surface area contributed by atoms with Gasteiger partial charge in [0.25, 0.3) is 0 Å². The number of piperidine rings is 1. The lowest BCUT2D eigenvalue weighted by molar-refractivity contribution is -0.126. The van der Waals surface area contributed by atoms with E-state index in [0.29, 0.717) is 48.1 Å². The lowest BCUT2D eigenvalue weighted by atomic mass is 9.97. The fourth-order valence-corrected chi connectivity index (χ4v) is 5.35. The van der Waals surface area contributed by atoms with Gasteiger partial charge in [-0.3, -0.25) is 4.79 Å². The predicted molar refractivity (Wildman–Crippen MR) is 112 cm³/mol. The van der Waals surface area contributed by atoms with Gasteiger partial charge in [-0.05, 0) is 36.1 Å². The SMILES string of the molecule is O=C(NCc1ccccc1Cl)C1CCN(S(=O)(=O)Cc2ccccc2Cl)CC1. The van der Waals surface area contributed by atoms with Crippen molar-refractivity contribution in [3.05, 3.63) is 69.7 Å². The highest BCUT2D eigenvalue weighted by molar-refractivity contribution is 7.88. The van der Waals surface area contributed by atoms with E-state index in [0.717, 1.165) is 5.56 Å². The van der Waals surface area contributed by atoms with Crippen molar-refractivity contribution in [3.8, 4) is 0 Å². The minimum atomic E-state index is -3.47. The molecule has 0 bridgehead atoms. The summed E-state index contributed by atoms with van der Waals surface area (Å²) in [5.41, 5.74) is 1.45. The van der Waals surface area contributed by atoms with Crippen molar-refractivity contribution in [1.82, 2.24) is 9.62 Å². The van der Waals surface area contributed by atoms with Gasteiger partial charge >= 0.3 is 0 Å². The van der Waals surface area contributed by atoms with Crippen molar-refractivity contribution in [1.29, 1.82) is 0 Å². The number of carbonyl (C=O) groups is 1. The van der Waals surface area contributed by atoms with Crippen LogP contribution in [0.3, 0.4) is 0 Å². The maximum atomic E-state index is 12.7. The molecule has 2 aromatic carbocycles. The first-order valence-corrected chi connectivity index (χ1v) is 11.5. The number of benzene rings is 2. The molecule has 0 saturated carbocycles. The summed E-state index contributed by atoms with van der Waals surface area (Å²) in [5, 5.41) is 3.96. The van der Waals surface area contributed by atoms with Crippen LogP contribution in [0.2, 0.25) is 10.0 Å². The average Bonchev–Trinajstić information content (AvgIpc) is 2.69. The summed E-state index contributed by atoms with van der Waals surface area (Å²) < 4.78 is 26.8. The van der Waals surface area contributed by atoms with Crippen molar-refractivity contribution in [2.75, 3.05) is 13.1 Å². The second kappa shape index (κ2) is 9.27. The molecule has 1 fully saturated rings. The van der Waals surface area contributed by atoms with E-state index in [4.69, 9.17) is 23.2 Å². The molecule has 2 aromatic rings. The molecular weight excluding hydrogens is 419 g/mol. The van der Waals surface area contributed by atoms with Crippen LogP contribution in [-0.2, 0) is 27.1 Å². The van der Waals surface area contributed by atoms with Crippen molar-refractivity contribution in [2.24, 2.45) is 5.92 Å². The van der Waals surface area contributed by atoms with Gasteiger partial charge in [0.15, 0.2) is 0 Å². The number of carbonyl (C=O) groups excluding carboxylic acids is 1. The molecule has 1 amide bonds. The first kappa shape index (κ1) is 21.1. The topological polar surface area (TPSA) is 66.5 Å². The van der Waals surface area contributed by atoms with E-state index >= 15 is 0 Å². The lowest BCUT2D eigenvalue weighted by Crippen LogP contribution is -2.43. The van der Waals surface area contributed by atoms with Gasteiger partial charge in [0.2, 0.25) is 15.9 Å². The van der Waals surface area contributed by atoms with Gasteiger partial charge in [-0.15, -0.1) is 0 Å². The predicted octanol–water partition coefficient (Wildman–Crippen LogP) is 3.85. The third-order valence-electron chi connectivity index (χ3n) is 4.92. The highest BCUT2D eigenvalue weighted by Crippen LogP contribution is 2.24. The third-order valence-corrected chi connectivity index (χ3v) is 7.49. The summed E-state index contributed by atoms with van der Waals surface area (Å²) in [7, 11) is -3.47. The Balaban J connectivity index is 1.53. The Kier molecular flexibility index (Phi) is 6.99. The van der Waals surface area contributed by atoms with E-state index < -0.39 is 10.0 Å². The summed E-state index contributed by atoms with van der Waals surface area (Å²) in [5.74, 6) is -0.395. The smallest absolute Gasteiger partial charge is 0.223 e. The van der Waals surface area contributed by atoms with E-state index in [2.05, 4.69) is 5.32 Å². The standard InChI is InChI=1S/C20H22Cl2N2O3S/c21-18-7-3-1-5-16(18)13-23-20(25)15-9-11-24(12-10-15)28(26,27)14-17-6-2-4-8-19(17)22/h1-8,15H,9-14H2,(H,23,25). The zero-order valence-corrected chi connectivity index (χ0v) is 17.6. The van der Waals surface area contributed by atoms with E-state index in [1.807, 2.05) is 18.2 Å². The third kappa shape index (κ3) is 5.26. The highest BCUT2D eigenvalue weighted by Gasteiger charge is 2.31. The zero-order valence-electron chi connectivity index (χ0n) is 15.3. The van der Waals surface area contributed by atoms with Gasteiger partial charge < -0.3 is 5.32 Å². The molecule has 0 atom stereocenters. The van der Waals surface area contributed by atoms with E-state index in [-0.39, 0.29) is 17.6 Å². The summed E-state index contributed by atoms with van der Waals surface area (Å²) >= 11 is 12.2. The van der Waals surface area contributed by atoms with Crippen LogP contribution >= 0.6 is 23.2 Å². The van der Waals surface area contributed by atoms with Crippen LogP contribution in [0.5, 0.6) is 0 Å². The average molecular weight is 441 g/mol. The molecule has 0 radical (unpaired) electrons. The minimum Gasteiger partial charge on any atom is -0.352 e. The Morgan fingerprint density at radius 1 is 0.964 bits per heavy atom. The molecule has 0 aromatic heterocycles. The summed E-state index contributed by atoms with van der Waals surface area (Å²) in [6.07, 6.45) is 0.992. The molecule has 150 valence electrons. The number of halogens is 2. The maximum Gasteiger partial charge on any atom is 0.223 e. The Bertz CT molecular complexity index is 942. The molecule has 0 unspecified atom stereocenters. The normalized spacial score (nSPS) is 16.1. The molecule has 1 aliphatic rings. The quantitative estimate of drug-likeness (QED) is 0.741. The van der Waals surface area contributed by atoms with E-state index in [1.54, 1.807) is 30.3 Å². The van der Waals surface area contributed by atoms with Gasteiger partial charge in [0.05, 0.1) is 5.75 Å².